The fourth-order valence-corrected chi connectivity index (χ4v) is 2.90. The van der Waals surface area contributed by atoms with Gasteiger partial charge < -0.3 is 5.32 Å². The van der Waals surface area contributed by atoms with Crippen molar-refractivity contribution in [3.8, 4) is 0 Å². The van der Waals surface area contributed by atoms with Crippen LogP contribution in [0.3, 0.4) is 0 Å². The SMILES string of the molecule is CCCn1ncc(Br)c1C(NCC)c1csnn1. The highest BCUT2D eigenvalue weighted by Crippen LogP contribution is 2.28. The number of nitrogens with one attached hydrogen (secondary N) is 1. The Bertz CT molecular complexity index is 482. The van der Waals surface area contributed by atoms with Crippen LogP contribution in [0.4, 0.5) is 0 Å². The van der Waals surface area contributed by atoms with E-state index in [9.17, 15) is 0 Å². The molecular formula is C11H16BrN5S. The third kappa shape index (κ3) is 2.78. The minimum atomic E-state index is 0.0391. The van der Waals surface area contributed by atoms with Gasteiger partial charge in [0.1, 0.15) is 0 Å². The molecule has 0 saturated heterocycles. The molecule has 0 aromatic carbocycles. The highest BCUT2D eigenvalue weighted by Gasteiger charge is 2.22. The Balaban J connectivity index is 2.39. The molecule has 0 aliphatic heterocycles. The minimum Gasteiger partial charge on any atom is -0.304 e. The van der Waals surface area contributed by atoms with Crippen LogP contribution in [0.25, 0.3) is 0 Å². The molecule has 2 aromatic rings. The van der Waals surface area contributed by atoms with Crippen molar-refractivity contribution in [3.63, 3.8) is 0 Å². The summed E-state index contributed by atoms with van der Waals surface area (Å²) in [7, 11) is 0. The minimum absolute atomic E-state index is 0.0391. The zero-order valence-corrected chi connectivity index (χ0v) is 12.8. The summed E-state index contributed by atoms with van der Waals surface area (Å²) in [6, 6.07) is 0.0391. The number of nitrogens with zero attached hydrogens (tertiary/aromatic N) is 4. The van der Waals surface area contributed by atoms with Crippen molar-refractivity contribution in [2.75, 3.05) is 6.54 Å². The fraction of sp³-hybridized carbons (Fsp3) is 0.545. The van der Waals surface area contributed by atoms with E-state index in [4.69, 9.17) is 0 Å². The van der Waals surface area contributed by atoms with Crippen molar-refractivity contribution >= 4 is 27.5 Å². The van der Waals surface area contributed by atoms with Gasteiger partial charge in [-0.1, -0.05) is 18.3 Å². The van der Waals surface area contributed by atoms with Crippen LogP contribution in [0.15, 0.2) is 16.0 Å². The van der Waals surface area contributed by atoms with Crippen LogP contribution in [0, 0.1) is 0 Å². The number of aromatic nitrogens is 4. The van der Waals surface area contributed by atoms with Crippen LogP contribution in [-0.2, 0) is 6.54 Å². The third-order valence-corrected chi connectivity index (χ3v) is 3.76. The molecule has 0 fully saturated rings. The van der Waals surface area contributed by atoms with Crippen LogP contribution >= 0.6 is 27.5 Å². The maximum absolute atomic E-state index is 4.40. The number of hydrogen-bond acceptors (Lipinski definition) is 5. The van der Waals surface area contributed by atoms with E-state index >= 15 is 0 Å². The summed E-state index contributed by atoms with van der Waals surface area (Å²) in [5.41, 5.74) is 2.06. The summed E-state index contributed by atoms with van der Waals surface area (Å²) in [5, 5.41) is 14.0. The molecule has 0 saturated carbocycles. The van der Waals surface area contributed by atoms with Gasteiger partial charge in [-0.05, 0) is 40.4 Å². The molecule has 2 aromatic heterocycles. The second-order valence-electron chi connectivity index (χ2n) is 3.92. The maximum atomic E-state index is 4.40. The Labute approximate surface area is 119 Å². The predicted octanol–water partition coefficient (Wildman–Crippen LogP) is 2.61. The quantitative estimate of drug-likeness (QED) is 0.885. The van der Waals surface area contributed by atoms with Crippen molar-refractivity contribution < 1.29 is 0 Å². The molecule has 2 heterocycles. The Kier molecular flexibility index (Phi) is 4.85. The summed E-state index contributed by atoms with van der Waals surface area (Å²) in [6.07, 6.45) is 2.89. The van der Waals surface area contributed by atoms with Crippen LogP contribution in [-0.4, -0.2) is 25.9 Å². The van der Waals surface area contributed by atoms with Gasteiger partial charge >= 0.3 is 0 Å². The third-order valence-electron chi connectivity index (χ3n) is 2.62. The molecule has 0 aliphatic carbocycles. The van der Waals surface area contributed by atoms with Crippen LogP contribution in [0.1, 0.15) is 37.7 Å². The molecular weight excluding hydrogens is 314 g/mol. The topological polar surface area (TPSA) is 55.6 Å². The highest BCUT2D eigenvalue weighted by molar-refractivity contribution is 9.10. The lowest BCUT2D eigenvalue weighted by atomic mass is 10.1. The van der Waals surface area contributed by atoms with E-state index in [0.717, 1.165) is 35.4 Å². The van der Waals surface area contributed by atoms with Gasteiger partial charge in [-0.3, -0.25) is 4.68 Å². The second kappa shape index (κ2) is 6.40. The zero-order valence-electron chi connectivity index (χ0n) is 10.4. The monoisotopic (exact) mass is 329 g/mol. The van der Waals surface area contributed by atoms with Gasteiger partial charge in [0.2, 0.25) is 0 Å². The van der Waals surface area contributed by atoms with E-state index in [1.165, 1.54) is 11.5 Å². The van der Waals surface area contributed by atoms with Gasteiger partial charge in [-0.25, -0.2) is 0 Å². The van der Waals surface area contributed by atoms with E-state index in [1.807, 2.05) is 16.3 Å². The molecule has 98 valence electrons. The first-order valence-electron chi connectivity index (χ1n) is 5.99. The molecule has 1 N–H and O–H groups in total. The van der Waals surface area contributed by atoms with E-state index in [2.05, 4.69) is 49.8 Å². The Morgan fingerprint density at radius 3 is 2.94 bits per heavy atom. The van der Waals surface area contributed by atoms with Crippen LogP contribution < -0.4 is 5.32 Å². The average molecular weight is 330 g/mol. The largest absolute Gasteiger partial charge is 0.304 e. The molecule has 0 radical (unpaired) electrons. The lowest BCUT2D eigenvalue weighted by Gasteiger charge is -2.17. The zero-order chi connectivity index (χ0) is 13.0. The van der Waals surface area contributed by atoms with Gasteiger partial charge in [0.05, 0.1) is 28.1 Å². The summed E-state index contributed by atoms with van der Waals surface area (Å²) in [4.78, 5) is 0. The number of aryl methyl sites for hydroxylation is 1. The number of halogens is 1. The lowest BCUT2D eigenvalue weighted by Crippen LogP contribution is -2.25. The first-order valence-corrected chi connectivity index (χ1v) is 7.62. The van der Waals surface area contributed by atoms with Crippen molar-refractivity contribution in [1.29, 1.82) is 0 Å². The van der Waals surface area contributed by atoms with Gasteiger partial charge in [0.15, 0.2) is 0 Å². The van der Waals surface area contributed by atoms with Crippen molar-refractivity contribution in [2.45, 2.75) is 32.9 Å². The highest BCUT2D eigenvalue weighted by atomic mass is 79.9. The first-order chi connectivity index (χ1) is 8.77. The normalized spacial score (nSPS) is 12.8. The number of rotatable bonds is 6. The summed E-state index contributed by atoms with van der Waals surface area (Å²) >= 11 is 4.95. The summed E-state index contributed by atoms with van der Waals surface area (Å²) in [6.45, 7) is 6.00. The lowest BCUT2D eigenvalue weighted by molar-refractivity contribution is 0.512. The smallest absolute Gasteiger partial charge is 0.0986 e. The van der Waals surface area contributed by atoms with Gasteiger partial charge in [0, 0.05) is 11.9 Å². The maximum Gasteiger partial charge on any atom is 0.0986 e. The molecule has 0 aliphatic rings. The Morgan fingerprint density at radius 1 is 1.50 bits per heavy atom. The molecule has 5 nitrogen and oxygen atoms in total. The van der Waals surface area contributed by atoms with Crippen LogP contribution in [0.2, 0.25) is 0 Å². The fourth-order valence-electron chi connectivity index (χ4n) is 1.89. The summed E-state index contributed by atoms with van der Waals surface area (Å²) in [5.74, 6) is 0. The van der Waals surface area contributed by atoms with E-state index in [-0.39, 0.29) is 6.04 Å². The predicted molar refractivity (Wildman–Crippen MR) is 75.6 cm³/mol. The van der Waals surface area contributed by atoms with Gasteiger partial charge in [0.25, 0.3) is 0 Å². The molecule has 0 amide bonds. The van der Waals surface area contributed by atoms with E-state index < -0.39 is 0 Å². The first kappa shape index (κ1) is 13.6. The molecule has 1 unspecified atom stereocenters. The van der Waals surface area contributed by atoms with Crippen molar-refractivity contribution in [1.82, 2.24) is 24.7 Å². The average Bonchev–Trinajstić information content (AvgIpc) is 2.98. The van der Waals surface area contributed by atoms with Gasteiger partial charge in [-0.2, -0.15) is 5.10 Å². The van der Waals surface area contributed by atoms with E-state index in [1.54, 1.807) is 0 Å². The number of hydrogen-bond donors (Lipinski definition) is 1. The Morgan fingerprint density at radius 2 is 2.33 bits per heavy atom. The van der Waals surface area contributed by atoms with Crippen molar-refractivity contribution in [3.05, 3.63) is 27.4 Å². The molecule has 18 heavy (non-hydrogen) atoms. The molecule has 0 spiro atoms. The molecule has 7 heteroatoms. The molecule has 2 rings (SSSR count). The Hall–Kier alpha value is -0.790. The van der Waals surface area contributed by atoms with E-state index in [0.29, 0.717) is 0 Å². The molecule has 1 atom stereocenters. The molecule has 0 bridgehead atoms. The second-order valence-corrected chi connectivity index (χ2v) is 5.39. The van der Waals surface area contributed by atoms with Crippen molar-refractivity contribution in [2.24, 2.45) is 0 Å². The standard InChI is InChI=1S/C11H16BrN5S/c1-3-5-17-11(8(12)6-14-17)10(13-4-2)9-7-18-16-15-9/h6-7,10,13H,3-5H2,1-2H3. The van der Waals surface area contributed by atoms with Crippen LogP contribution in [0.5, 0.6) is 0 Å². The van der Waals surface area contributed by atoms with Gasteiger partial charge in [-0.15, -0.1) is 5.10 Å². The summed E-state index contributed by atoms with van der Waals surface area (Å²) < 4.78 is 6.98.